The van der Waals surface area contributed by atoms with Crippen LogP contribution in [0.4, 0.5) is 0 Å². The maximum Gasteiger partial charge on any atom is 0.0550 e. The third-order valence-corrected chi connectivity index (χ3v) is 3.95. The van der Waals surface area contributed by atoms with Gasteiger partial charge in [0, 0.05) is 11.0 Å². The molecule has 2 nitrogen and oxygen atoms in total. The smallest absolute Gasteiger partial charge is 0.0550 e. The summed E-state index contributed by atoms with van der Waals surface area (Å²) in [6.45, 7) is 4.47. The first kappa shape index (κ1) is 12.6. The van der Waals surface area contributed by atoms with E-state index < -0.39 is 0 Å². The minimum Gasteiger partial charge on any atom is -0.271 e. The third-order valence-electron chi connectivity index (χ3n) is 2.53. The zero-order valence-electron chi connectivity index (χ0n) is 9.44. The minimum absolute atomic E-state index is 0.255. The Bertz CT molecular complexity index is 264. The Hall–Kier alpha value is -0.510. The molecule has 1 aromatic carbocycles. The SMILES string of the molecule is CCC(C)SCC(NN)c1ccccc1. The molecule has 1 aromatic rings. The van der Waals surface area contributed by atoms with Crippen molar-refractivity contribution in [2.24, 2.45) is 5.84 Å². The van der Waals surface area contributed by atoms with Crippen LogP contribution < -0.4 is 11.3 Å². The van der Waals surface area contributed by atoms with Crippen LogP contribution in [0.2, 0.25) is 0 Å². The molecule has 3 N–H and O–H groups in total. The van der Waals surface area contributed by atoms with Crippen molar-refractivity contribution in [3.8, 4) is 0 Å². The molecule has 15 heavy (non-hydrogen) atoms. The summed E-state index contributed by atoms with van der Waals surface area (Å²) in [6.07, 6.45) is 1.21. The topological polar surface area (TPSA) is 38.0 Å². The Morgan fingerprint density at radius 1 is 1.33 bits per heavy atom. The fourth-order valence-corrected chi connectivity index (χ4v) is 2.35. The lowest BCUT2D eigenvalue weighted by Gasteiger charge is -2.17. The van der Waals surface area contributed by atoms with E-state index in [1.54, 1.807) is 0 Å². The molecule has 2 atom stereocenters. The molecule has 1 rings (SSSR count). The predicted molar refractivity (Wildman–Crippen MR) is 68.7 cm³/mol. The molecule has 0 spiro atoms. The Kier molecular flexibility index (Phi) is 5.76. The standard InChI is InChI=1S/C12H20N2S/c1-3-10(2)15-9-12(14-13)11-7-5-4-6-8-11/h4-8,10,12,14H,3,9,13H2,1-2H3. The lowest BCUT2D eigenvalue weighted by Crippen LogP contribution is -2.30. The van der Waals surface area contributed by atoms with Crippen molar-refractivity contribution in [3.63, 3.8) is 0 Å². The van der Waals surface area contributed by atoms with Crippen LogP contribution in [0.5, 0.6) is 0 Å². The predicted octanol–water partition coefficient (Wildman–Crippen LogP) is 2.72. The van der Waals surface area contributed by atoms with Crippen LogP contribution in [0.3, 0.4) is 0 Å². The van der Waals surface area contributed by atoms with Gasteiger partial charge in [0.25, 0.3) is 0 Å². The van der Waals surface area contributed by atoms with Gasteiger partial charge in [0.1, 0.15) is 0 Å². The van der Waals surface area contributed by atoms with Gasteiger partial charge in [-0.3, -0.25) is 11.3 Å². The van der Waals surface area contributed by atoms with Gasteiger partial charge in [0.2, 0.25) is 0 Å². The first-order valence-electron chi connectivity index (χ1n) is 5.40. The monoisotopic (exact) mass is 224 g/mol. The normalized spacial score (nSPS) is 14.9. The first-order chi connectivity index (χ1) is 7.27. The molecule has 0 aliphatic heterocycles. The zero-order valence-corrected chi connectivity index (χ0v) is 10.3. The Labute approximate surface area is 96.6 Å². The van der Waals surface area contributed by atoms with Crippen LogP contribution in [0.15, 0.2) is 30.3 Å². The van der Waals surface area contributed by atoms with Crippen LogP contribution in [-0.4, -0.2) is 11.0 Å². The highest BCUT2D eigenvalue weighted by Gasteiger charge is 2.10. The maximum absolute atomic E-state index is 5.57. The van der Waals surface area contributed by atoms with Crippen molar-refractivity contribution in [2.45, 2.75) is 31.6 Å². The Balaban J connectivity index is 2.50. The fraction of sp³-hybridized carbons (Fsp3) is 0.500. The second-order valence-corrected chi connectivity index (χ2v) is 5.15. The molecular formula is C12H20N2S. The van der Waals surface area contributed by atoms with Crippen molar-refractivity contribution in [3.05, 3.63) is 35.9 Å². The van der Waals surface area contributed by atoms with Crippen molar-refractivity contribution in [1.82, 2.24) is 5.43 Å². The molecule has 3 heteroatoms. The van der Waals surface area contributed by atoms with Crippen molar-refractivity contribution >= 4 is 11.8 Å². The lowest BCUT2D eigenvalue weighted by atomic mass is 10.1. The van der Waals surface area contributed by atoms with Crippen LogP contribution >= 0.6 is 11.8 Å². The number of nitrogens with two attached hydrogens (primary N) is 1. The van der Waals surface area contributed by atoms with Gasteiger partial charge in [-0.15, -0.1) is 0 Å². The van der Waals surface area contributed by atoms with E-state index in [0.29, 0.717) is 5.25 Å². The van der Waals surface area contributed by atoms with E-state index in [-0.39, 0.29) is 6.04 Å². The van der Waals surface area contributed by atoms with E-state index in [1.165, 1.54) is 12.0 Å². The minimum atomic E-state index is 0.255. The molecule has 0 fully saturated rings. The summed E-state index contributed by atoms with van der Waals surface area (Å²) >= 11 is 1.96. The van der Waals surface area contributed by atoms with Crippen molar-refractivity contribution in [2.75, 3.05) is 5.75 Å². The summed E-state index contributed by atoms with van der Waals surface area (Å²) in [6, 6.07) is 10.6. The van der Waals surface area contributed by atoms with Gasteiger partial charge in [0.05, 0.1) is 6.04 Å². The summed E-state index contributed by atoms with van der Waals surface area (Å²) in [5.74, 6) is 6.59. The molecule has 0 aliphatic carbocycles. The quantitative estimate of drug-likeness (QED) is 0.576. The van der Waals surface area contributed by atoms with Crippen molar-refractivity contribution in [1.29, 1.82) is 0 Å². The number of thioether (sulfide) groups is 1. The molecule has 0 saturated heterocycles. The molecule has 0 bridgehead atoms. The molecule has 0 radical (unpaired) electrons. The first-order valence-corrected chi connectivity index (χ1v) is 6.45. The second kappa shape index (κ2) is 6.88. The van der Waals surface area contributed by atoms with Gasteiger partial charge in [-0.25, -0.2) is 0 Å². The van der Waals surface area contributed by atoms with E-state index in [4.69, 9.17) is 5.84 Å². The Morgan fingerprint density at radius 3 is 2.53 bits per heavy atom. The van der Waals surface area contributed by atoms with E-state index >= 15 is 0 Å². The number of hydrazine groups is 1. The molecule has 0 aliphatic rings. The average molecular weight is 224 g/mol. The van der Waals surface area contributed by atoms with Gasteiger partial charge >= 0.3 is 0 Å². The zero-order chi connectivity index (χ0) is 11.1. The molecule has 84 valence electrons. The highest BCUT2D eigenvalue weighted by Crippen LogP contribution is 2.21. The van der Waals surface area contributed by atoms with Gasteiger partial charge in [0.15, 0.2) is 0 Å². The van der Waals surface area contributed by atoms with Crippen LogP contribution in [0, 0.1) is 0 Å². The number of rotatable bonds is 6. The summed E-state index contributed by atoms with van der Waals surface area (Å²) in [5.41, 5.74) is 4.14. The lowest BCUT2D eigenvalue weighted by molar-refractivity contribution is 0.609. The van der Waals surface area contributed by atoms with Gasteiger partial charge in [-0.2, -0.15) is 11.8 Å². The highest BCUT2D eigenvalue weighted by molar-refractivity contribution is 7.99. The van der Waals surface area contributed by atoms with E-state index in [9.17, 15) is 0 Å². The van der Waals surface area contributed by atoms with E-state index in [2.05, 4.69) is 31.4 Å². The fourth-order valence-electron chi connectivity index (χ4n) is 1.30. The number of nitrogens with one attached hydrogen (secondary N) is 1. The molecular weight excluding hydrogens is 204 g/mol. The molecule has 0 heterocycles. The summed E-state index contributed by atoms with van der Waals surface area (Å²) < 4.78 is 0. The van der Waals surface area contributed by atoms with Crippen LogP contribution in [0.1, 0.15) is 31.9 Å². The largest absolute Gasteiger partial charge is 0.271 e. The van der Waals surface area contributed by atoms with Gasteiger partial charge in [-0.05, 0) is 12.0 Å². The molecule has 0 amide bonds. The van der Waals surface area contributed by atoms with E-state index in [1.807, 2.05) is 30.0 Å². The average Bonchev–Trinajstić information content (AvgIpc) is 2.31. The molecule has 2 unspecified atom stereocenters. The molecule has 0 saturated carbocycles. The molecule has 0 aromatic heterocycles. The maximum atomic E-state index is 5.57. The van der Waals surface area contributed by atoms with Crippen molar-refractivity contribution < 1.29 is 0 Å². The number of benzene rings is 1. The number of hydrogen-bond acceptors (Lipinski definition) is 3. The summed E-state index contributed by atoms with van der Waals surface area (Å²) in [4.78, 5) is 0. The highest BCUT2D eigenvalue weighted by atomic mass is 32.2. The second-order valence-electron chi connectivity index (χ2n) is 3.68. The number of hydrogen-bond donors (Lipinski definition) is 2. The third kappa shape index (κ3) is 4.24. The van der Waals surface area contributed by atoms with Gasteiger partial charge in [-0.1, -0.05) is 44.2 Å². The van der Waals surface area contributed by atoms with Crippen LogP contribution in [-0.2, 0) is 0 Å². The van der Waals surface area contributed by atoms with E-state index in [0.717, 1.165) is 5.75 Å². The van der Waals surface area contributed by atoms with Crippen LogP contribution in [0.25, 0.3) is 0 Å². The van der Waals surface area contributed by atoms with Gasteiger partial charge < -0.3 is 0 Å². The Morgan fingerprint density at radius 2 is 2.00 bits per heavy atom. The summed E-state index contributed by atoms with van der Waals surface area (Å²) in [7, 11) is 0. The summed E-state index contributed by atoms with van der Waals surface area (Å²) in [5, 5.41) is 0.699.